The van der Waals surface area contributed by atoms with E-state index in [1.807, 2.05) is 11.4 Å². The van der Waals surface area contributed by atoms with E-state index in [0.717, 1.165) is 38.9 Å². The lowest BCUT2D eigenvalue weighted by molar-refractivity contribution is -0.123. The highest BCUT2D eigenvalue weighted by Crippen LogP contribution is 2.12. The molecule has 0 atom stereocenters. The lowest BCUT2D eigenvalue weighted by Gasteiger charge is -2.34. The van der Waals surface area contributed by atoms with E-state index in [1.165, 1.54) is 4.88 Å². The molecular formula is C15H25N3OS. The van der Waals surface area contributed by atoms with Gasteiger partial charge >= 0.3 is 0 Å². The third kappa shape index (κ3) is 4.89. The van der Waals surface area contributed by atoms with E-state index < -0.39 is 0 Å². The first-order valence-electron chi connectivity index (χ1n) is 7.53. The Bertz CT molecular complexity index is 388. The first-order chi connectivity index (χ1) is 9.79. The van der Waals surface area contributed by atoms with Gasteiger partial charge in [0.15, 0.2) is 0 Å². The molecule has 1 aromatic rings. The molecule has 20 heavy (non-hydrogen) atoms. The van der Waals surface area contributed by atoms with Crippen molar-refractivity contribution >= 4 is 17.2 Å². The van der Waals surface area contributed by atoms with Gasteiger partial charge in [0.1, 0.15) is 0 Å². The number of nitrogens with zero attached hydrogens (tertiary/aromatic N) is 1. The smallest absolute Gasteiger partial charge is 0.234 e. The number of rotatable bonds is 7. The van der Waals surface area contributed by atoms with E-state index in [0.29, 0.717) is 19.1 Å². The lowest BCUT2D eigenvalue weighted by atomic mass is 10.0. The Kier molecular flexibility index (Phi) is 6.50. The average molecular weight is 295 g/mol. The highest BCUT2D eigenvalue weighted by molar-refractivity contribution is 7.09. The molecule has 2 rings (SSSR count). The van der Waals surface area contributed by atoms with Crippen LogP contribution in [0, 0.1) is 0 Å². The summed E-state index contributed by atoms with van der Waals surface area (Å²) in [5.41, 5.74) is 0. The summed E-state index contributed by atoms with van der Waals surface area (Å²) >= 11 is 1.69. The standard InChI is InChI=1S/C15H25N3OS/c1-2-9-18(13-5-7-16-8-6-13)12-15(19)17-11-14-4-3-10-20-14/h3-4,10,13,16H,2,5-9,11-12H2,1H3,(H,17,19). The zero-order valence-corrected chi connectivity index (χ0v) is 13.0. The van der Waals surface area contributed by atoms with E-state index in [9.17, 15) is 4.79 Å². The van der Waals surface area contributed by atoms with Gasteiger partial charge in [0.2, 0.25) is 5.91 Å². The lowest BCUT2D eigenvalue weighted by Crippen LogP contribution is -2.47. The van der Waals surface area contributed by atoms with Gasteiger partial charge in [-0.15, -0.1) is 11.3 Å². The third-order valence-electron chi connectivity index (χ3n) is 3.72. The van der Waals surface area contributed by atoms with Gasteiger partial charge in [-0.05, 0) is 50.3 Å². The van der Waals surface area contributed by atoms with Gasteiger partial charge in [0.25, 0.3) is 0 Å². The van der Waals surface area contributed by atoms with Crippen LogP contribution in [0.3, 0.4) is 0 Å². The van der Waals surface area contributed by atoms with Crippen molar-refractivity contribution in [2.45, 2.75) is 38.8 Å². The molecule has 0 bridgehead atoms. The quantitative estimate of drug-likeness (QED) is 0.806. The molecule has 0 spiro atoms. The third-order valence-corrected chi connectivity index (χ3v) is 4.60. The molecule has 1 amide bonds. The van der Waals surface area contributed by atoms with Crippen molar-refractivity contribution in [3.63, 3.8) is 0 Å². The fraction of sp³-hybridized carbons (Fsp3) is 0.667. The van der Waals surface area contributed by atoms with Crippen molar-refractivity contribution in [3.8, 4) is 0 Å². The molecule has 0 radical (unpaired) electrons. The molecule has 1 aliphatic rings. The molecule has 2 heterocycles. The van der Waals surface area contributed by atoms with Crippen LogP contribution in [0.1, 0.15) is 31.1 Å². The number of hydrogen-bond donors (Lipinski definition) is 2. The van der Waals surface area contributed by atoms with E-state index in [2.05, 4.69) is 28.5 Å². The van der Waals surface area contributed by atoms with Crippen LogP contribution >= 0.6 is 11.3 Å². The Morgan fingerprint density at radius 2 is 2.30 bits per heavy atom. The maximum atomic E-state index is 12.1. The molecule has 5 heteroatoms. The summed E-state index contributed by atoms with van der Waals surface area (Å²) in [6, 6.07) is 4.63. The van der Waals surface area contributed by atoms with Crippen molar-refractivity contribution in [2.75, 3.05) is 26.2 Å². The Morgan fingerprint density at radius 3 is 2.95 bits per heavy atom. The zero-order valence-electron chi connectivity index (χ0n) is 12.2. The largest absolute Gasteiger partial charge is 0.350 e. The van der Waals surface area contributed by atoms with E-state index in [4.69, 9.17) is 0 Å². The molecular weight excluding hydrogens is 270 g/mol. The second-order valence-electron chi connectivity index (χ2n) is 5.31. The molecule has 4 nitrogen and oxygen atoms in total. The minimum absolute atomic E-state index is 0.144. The van der Waals surface area contributed by atoms with Crippen LogP contribution in [0.2, 0.25) is 0 Å². The number of piperidine rings is 1. The Hall–Kier alpha value is -0.910. The molecule has 0 saturated carbocycles. The second-order valence-corrected chi connectivity index (χ2v) is 6.34. The Labute approximate surface area is 125 Å². The summed E-state index contributed by atoms with van der Waals surface area (Å²) in [5, 5.41) is 8.45. The monoisotopic (exact) mass is 295 g/mol. The van der Waals surface area contributed by atoms with Gasteiger partial charge in [0.05, 0.1) is 13.1 Å². The average Bonchev–Trinajstić information content (AvgIpc) is 2.99. The SMILES string of the molecule is CCCN(CC(=O)NCc1cccs1)C1CCNCC1. The van der Waals surface area contributed by atoms with Crippen LogP contribution in [0.5, 0.6) is 0 Å². The number of amides is 1. The molecule has 0 unspecified atom stereocenters. The normalized spacial score (nSPS) is 16.5. The molecule has 1 aromatic heterocycles. The van der Waals surface area contributed by atoms with Crippen LogP contribution in [0.4, 0.5) is 0 Å². The van der Waals surface area contributed by atoms with Crippen molar-refractivity contribution in [1.29, 1.82) is 0 Å². The maximum absolute atomic E-state index is 12.1. The minimum Gasteiger partial charge on any atom is -0.350 e. The Balaban J connectivity index is 1.78. The van der Waals surface area contributed by atoms with Crippen LogP contribution in [0.15, 0.2) is 17.5 Å². The second kappa shape index (κ2) is 8.39. The summed E-state index contributed by atoms with van der Waals surface area (Å²) in [7, 11) is 0. The van der Waals surface area contributed by atoms with Crippen molar-refractivity contribution in [1.82, 2.24) is 15.5 Å². The van der Waals surface area contributed by atoms with Gasteiger partial charge < -0.3 is 10.6 Å². The molecule has 0 aliphatic carbocycles. The highest BCUT2D eigenvalue weighted by Gasteiger charge is 2.22. The number of thiophene rings is 1. The molecule has 1 aliphatic heterocycles. The van der Waals surface area contributed by atoms with Crippen LogP contribution in [-0.4, -0.2) is 43.0 Å². The highest BCUT2D eigenvalue weighted by atomic mass is 32.1. The van der Waals surface area contributed by atoms with E-state index in [-0.39, 0.29) is 5.91 Å². The minimum atomic E-state index is 0.144. The number of hydrogen-bond acceptors (Lipinski definition) is 4. The van der Waals surface area contributed by atoms with Gasteiger partial charge in [-0.25, -0.2) is 0 Å². The first kappa shape index (κ1) is 15.5. The number of carbonyl (C=O) groups excluding carboxylic acids is 1. The summed E-state index contributed by atoms with van der Waals surface area (Å²) in [5.74, 6) is 0.144. The number of carbonyl (C=O) groups is 1. The summed E-state index contributed by atoms with van der Waals surface area (Å²) in [4.78, 5) is 15.7. The van der Waals surface area contributed by atoms with Gasteiger partial charge in [-0.3, -0.25) is 9.69 Å². The van der Waals surface area contributed by atoms with Gasteiger partial charge in [0, 0.05) is 10.9 Å². The molecule has 112 valence electrons. The summed E-state index contributed by atoms with van der Waals surface area (Å²) in [6.07, 6.45) is 3.40. The van der Waals surface area contributed by atoms with E-state index >= 15 is 0 Å². The molecule has 1 saturated heterocycles. The van der Waals surface area contributed by atoms with Crippen LogP contribution in [-0.2, 0) is 11.3 Å². The molecule has 2 N–H and O–H groups in total. The topological polar surface area (TPSA) is 44.4 Å². The van der Waals surface area contributed by atoms with Gasteiger partial charge in [-0.2, -0.15) is 0 Å². The predicted molar refractivity (Wildman–Crippen MR) is 83.9 cm³/mol. The van der Waals surface area contributed by atoms with Crippen LogP contribution in [0.25, 0.3) is 0 Å². The fourth-order valence-corrected chi connectivity index (χ4v) is 3.33. The van der Waals surface area contributed by atoms with Gasteiger partial charge in [-0.1, -0.05) is 13.0 Å². The van der Waals surface area contributed by atoms with E-state index in [1.54, 1.807) is 11.3 Å². The number of nitrogens with one attached hydrogen (secondary N) is 2. The predicted octanol–water partition coefficient (Wildman–Crippen LogP) is 1.83. The summed E-state index contributed by atoms with van der Waals surface area (Å²) < 4.78 is 0. The first-order valence-corrected chi connectivity index (χ1v) is 8.41. The van der Waals surface area contributed by atoms with Crippen molar-refractivity contribution < 1.29 is 4.79 Å². The van der Waals surface area contributed by atoms with Crippen LogP contribution < -0.4 is 10.6 Å². The fourth-order valence-electron chi connectivity index (χ4n) is 2.69. The van der Waals surface area contributed by atoms with Crippen molar-refractivity contribution in [3.05, 3.63) is 22.4 Å². The maximum Gasteiger partial charge on any atom is 0.234 e. The Morgan fingerprint density at radius 1 is 1.50 bits per heavy atom. The molecule has 0 aromatic carbocycles. The molecule has 1 fully saturated rings. The van der Waals surface area contributed by atoms with Crippen molar-refractivity contribution in [2.24, 2.45) is 0 Å². The summed E-state index contributed by atoms with van der Waals surface area (Å²) in [6.45, 7) is 6.52. The zero-order chi connectivity index (χ0) is 14.2.